The number of ketones is 1. The van der Waals surface area contributed by atoms with Crippen LogP contribution in [0, 0.1) is 6.92 Å². The monoisotopic (exact) mass is 468 g/mol. The van der Waals surface area contributed by atoms with Crippen molar-refractivity contribution in [2.75, 3.05) is 19.6 Å². The van der Waals surface area contributed by atoms with Crippen LogP contribution in [0.2, 0.25) is 0 Å². The molecule has 178 valence electrons. The third-order valence-corrected chi connectivity index (χ3v) is 6.33. The van der Waals surface area contributed by atoms with Gasteiger partial charge in [0.2, 0.25) is 0 Å². The van der Waals surface area contributed by atoms with Crippen molar-refractivity contribution < 1.29 is 19.2 Å². The van der Waals surface area contributed by atoms with Crippen LogP contribution in [0.15, 0.2) is 77.3 Å². The number of hydrogen-bond donors (Lipinski definition) is 1. The highest BCUT2D eigenvalue weighted by Crippen LogP contribution is 2.36. The van der Waals surface area contributed by atoms with Gasteiger partial charge in [-0.2, -0.15) is 0 Å². The Morgan fingerprint density at radius 1 is 1.06 bits per heavy atom. The zero-order valence-corrected chi connectivity index (χ0v) is 19.9. The first kappa shape index (κ1) is 22.9. The number of aromatic hydroxyl groups is 1. The molecule has 0 saturated carbocycles. The summed E-state index contributed by atoms with van der Waals surface area (Å²) in [5.74, 6) is 1.15. The van der Waals surface area contributed by atoms with Crippen molar-refractivity contribution in [2.24, 2.45) is 0 Å². The van der Waals surface area contributed by atoms with E-state index in [-0.39, 0.29) is 17.6 Å². The number of nitrogens with zero attached hydrogens (tertiary/aromatic N) is 2. The Morgan fingerprint density at radius 2 is 1.77 bits per heavy atom. The van der Waals surface area contributed by atoms with Crippen LogP contribution >= 0.6 is 0 Å². The smallest absolute Gasteiger partial charge is 0.199 e. The molecule has 0 amide bonds. The number of ether oxygens (including phenoxy) is 1. The molecule has 0 atom stereocenters. The maximum atomic E-state index is 13.8. The summed E-state index contributed by atoms with van der Waals surface area (Å²) < 4.78 is 11.8. The molecule has 1 saturated heterocycles. The number of hydrogen-bond acceptors (Lipinski definition) is 6. The average Bonchev–Trinajstić information content (AvgIpc) is 3.28. The van der Waals surface area contributed by atoms with Crippen LogP contribution < -0.4 is 4.74 Å². The van der Waals surface area contributed by atoms with E-state index in [1.165, 1.54) is 0 Å². The van der Waals surface area contributed by atoms with Crippen molar-refractivity contribution in [3.05, 3.63) is 89.5 Å². The van der Waals surface area contributed by atoms with Crippen LogP contribution in [0.3, 0.4) is 0 Å². The fraction of sp³-hybridized carbons (Fsp3) is 0.241. The van der Waals surface area contributed by atoms with Gasteiger partial charge in [-0.1, -0.05) is 36.3 Å². The van der Waals surface area contributed by atoms with Gasteiger partial charge in [-0.05, 0) is 74.0 Å². The number of phenolic OH excluding ortho intramolecular Hbond substituents is 1. The normalized spacial score (nSPS) is 14.0. The summed E-state index contributed by atoms with van der Waals surface area (Å²) in [6.07, 6.45) is 1.33. The largest absolute Gasteiger partial charge is 0.508 e. The van der Waals surface area contributed by atoms with Crippen molar-refractivity contribution in [3.63, 3.8) is 0 Å². The number of aryl methyl sites for hydroxylation is 1. The van der Waals surface area contributed by atoms with E-state index >= 15 is 0 Å². The number of phenols is 1. The SMILES string of the molecule is CCCN1CC(Oc2ccc(C(=O)c3c(-c4ccc(O)cc4)noc3-c3ccccc3C)cc2)C1. The van der Waals surface area contributed by atoms with Crippen LogP contribution in [0.25, 0.3) is 22.6 Å². The molecule has 2 heterocycles. The zero-order valence-electron chi connectivity index (χ0n) is 19.9. The van der Waals surface area contributed by atoms with Crippen molar-refractivity contribution in [1.29, 1.82) is 0 Å². The van der Waals surface area contributed by atoms with Gasteiger partial charge >= 0.3 is 0 Å². The van der Waals surface area contributed by atoms with Gasteiger partial charge in [0.15, 0.2) is 11.5 Å². The highest BCUT2D eigenvalue weighted by Gasteiger charge is 2.29. The molecule has 35 heavy (non-hydrogen) atoms. The number of rotatable bonds is 8. The predicted molar refractivity (Wildman–Crippen MR) is 135 cm³/mol. The molecule has 0 radical (unpaired) electrons. The molecule has 1 aromatic heterocycles. The van der Waals surface area contributed by atoms with Crippen LogP contribution in [-0.4, -0.2) is 46.7 Å². The molecule has 4 aromatic rings. The summed E-state index contributed by atoms with van der Waals surface area (Å²) in [5, 5.41) is 14.0. The number of aromatic nitrogens is 1. The van der Waals surface area contributed by atoms with Crippen molar-refractivity contribution in [3.8, 4) is 34.1 Å². The molecule has 6 heteroatoms. The summed E-state index contributed by atoms with van der Waals surface area (Å²) in [6.45, 7) is 7.12. The number of carbonyl (C=O) groups is 1. The molecule has 0 aliphatic carbocycles. The minimum Gasteiger partial charge on any atom is -0.508 e. The maximum absolute atomic E-state index is 13.8. The molecule has 6 nitrogen and oxygen atoms in total. The van der Waals surface area contributed by atoms with E-state index in [0.717, 1.165) is 42.9 Å². The Balaban J connectivity index is 1.46. The number of carbonyl (C=O) groups excluding carboxylic acids is 1. The second-order valence-electron chi connectivity index (χ2n) is 8.95. The molecule has 0 unspecified atom stereocenters. The standard InChI is InChI=1S/C29H28N2O4/c1-3-16-31-17-24(18-31)34-23-14-10-21(11-15-23)28(33)26-27(20-8-12-22(32)13-9-20)30-35-29(26)25-7-5-4-6-19(25)2/h4-15,24,32H,3,16-18H2,1-2H3. The second kappa shape index (κ2) is 9.76. The first-order valence-corrected chi connectivity index (χ1v) is 11.9. The molecule has 1 N–H and O–H groups in total. The van der Waals surface area contributed by atoms with Gasteiger partial charge in [-0.25, -0.2) is 0 Å². The highest BCUT2D eigenvalue weighted by atomic mass is 16.5. The summed E-state index contributed by atoms with van der Waals surface area (Å²) in [6, 6.07) is 21.6. The van der Waals surface area contributed by atoms with Crippen molar-refractivity contribution in [1.82, 2.24) is 10.1 Å². The van der Waals surface area contributed by atoms with Crippen molar-refractivity contribution in [2.45, 2.75) is 26.4 Å². The minimum absolute atomic E-state index is 0.143. The van der Waals surface area contributed by atoms with E-state index < -0.39 is 0 Å². The van der Waals surface area contributed by atoms with E-state index in [1.54, 1.807) is 36.4 Å². The molecule has 1 aliphatic heterocycles. The molecular weight excluding hydrogens is 440 g/mol. The highest BCUT2D eigenvalue weighted by molar-refractivity contribution is 6.15. The van der Waals surface area contributed by atoms with Gasteiger partial charge in [0.1, 0.15) is 23.3 Å². The van der Waals surface area contributed by atoms with Gasteiger partial charge in [0.05, 0.1) is 5.56 Å². The number of likely N-dealkylation sites (tertiary alicyclic amines) is 1. The molecule has 0 spiro atoms. The fourth-order valence-corrected chi connectivity index (χ4v) is 4.45. The topological polar surface area (TPSA) is 75.8 Å². The van der Waals surface area contributed by atoms with Crippen LogP contribution in [0.4, 0.5) is 0 Å². The van der Waals surface area contributed by atoms with E-state index in [2.05, 4.69) is 17.0 Å². The van der Waals surface area contributed by atoms with E-state index in [0.29, 0.717) is 28.1 Å². The lowest BCUT2D eigenvalue weighted by Crippen LogP contribution is -2.53. The first-order valence-electron chi connectivity index (χ1n) is 11.9. The van der Waals surface area contributed by atoms with Gasteiger partial charge in [-0.3, -0.25) is 9.69 Å². The quantitative estimate of drug-likeness (QED) is 0.333. The molecule has 1 fully saturated rings. The maximum Gasteiger partial charge on any atom is 0.199 e. The third-order valence-electron chi connectivity index (χ3n) is 6.33. The van der Waals surface area contributed by atoms with E-state index in [1.807, 2.05) is 43.3 Å². The Morgan fingerprint density at radius 3 is 2.46 bits per heavy atom. The summed E-state index contributed by atoms with van der Waals surface area (Å²) in [4.78, 5) is 16.2. The zero-order chi connectivity index (χ0) is 24.4. The Kier molecular flexibility index (Phi) is 6.38. The van der Waals surface area contributed by atoms with Gasteiger partial charge in [0.25, 0.3) is 0 Å². The molecule has 1 aliphatic rings. The summed E-state index contributed by atoms with van der Waals surface area (Å²) in [5.41, 5.74) is 3.85. The molecule has 5 rings (SSSR count). The number of benzene rings is 3. The minimum atomic E-state index is -0.183. The summed E-state index contributed by atoms with van der Waals surface area (Å²) >= 11 is 0. The first-order chi connectivity index (χ1) is 17.0. The van der Waals surface area contributed by atoms with Gasteiger partial charge in [-0.15, -0.1) is 0 Å². The Bertz CT molecular complexity index is 1320. The van der Waals surface area contributed by atoms with Crippen LogP contribution in [-0.2, 0) is 0 Å². The predicted octanol–water partition coefficient (Wildman–Crippen LogP) is 5.73. The molecule has 3 aromatic carbocycles. The van der Waals surface area contributed by atoms with Gasteiger partial charge < -0.3 is 14.4 Å². The van der Waals surface area contributed by atoms with Crippen LogP contribution in [0.5, 0.6) is 11.5 Å². The summed E-state index contributed by atoms with van der Waals surface area (Å²) in [7, 11) is 0. The third kappa shape index (κ3) is 4.70. The lowest BCUT2D eigenvalue weighted by atomic mass is 9.94. The van der Waals surface area contributed by atoms with E-state index in [9.17, 15) is 9.90 Å². The fourth-order valence-electron chi connectivity index (χ4n) is 4.45. The lowest BCUT2D eigenvalue weighted by molar-refractivity contribution is 0.0202. The van der Waals surface area contributed by atoms with Crippen molar-refractivity contribution >= 4 is 5.78 Å². The Hall–Kier alpha value is -3.90. The van der Waals surface area contributed by atoms with Gasteiger partial charge in [0, 0.05) is 29.8 Å². The lowest BCUT2D eigenvalue weighted by Gasteiger charge is -2.38. The van der Waals surface area contributed by atoms with E-state index in [4.69, 9.17) is 9.26 Å². The average molecular weight is 469 g/mol. The Labute approximate surface area is 204 Å². The second-order valence-corrected chi connectivity index (χ2v) is 8.95. The van der Waals surface area contributed by atoms with Crippen LogP contribution in [0.1, 0.15) is 34.8 Å². The molecular formula is C29H28N2O4. The molecule has 0 bridgehead atoms.